The predicted molar refractivity (Wildman–Crippen MR) is 63.2 cm³/mol. The number of halogens is 1. The fourth-order valence-corrected chi connectivity index (χ4v) is 2.73. The van der Waals surface area contributed by atoms with E-state index in [1.54, 1.807) is 4.90 Å². The number of ketones is 1. The van der Waals surface area contributed by atoms with Gasteiger partial charge in [0, 0.05) is 4.47 Å². The summed E-state index contributed by atoms with van der Waals surface area (Å²) in [6.07, 6.45) is 1.46. The maximum absolute atomic E-state index is 12.1. The van der Waals surface area contributed by atoms with Gasteiger partial charge in [-0.05, 0) is 40.9 Å². The lowest BCUT2D eigenvalue weighted by Gasteiger charge is -2.16. The highest BCUT2D eigenvalue weighted by Gasteiger charge is 2.62. The highest BCUT2D eigenvalue weighted by atomic mass is 79.9. The van der Waals surface area contributed by atoms with Gasteiger partial charge in [0.25, 0.3) is 0 Å². The van der Waals surface area contributed by atoms with Gasteiger partial charge >= 0.3 is 0 Å². The second-order valence-electron chi connectivity index (χ2n) is 4.35. The maximum Gasteiger partial charge on any atom is 0.241 e. The van der Waals surface area contributed by atoms with Crippen molar-refractivity contribution >= 4 is 33.3 Å². The molecule has 16 heavy (non-hydrogen) atoms. The van der Waals surface area contributed by atoms with Gasteiger partial charge in [0.15, 0.2) is 5.78 Å². The number of amides is 1. The zero-order valence-corrected chi connectivity index (χ0v) is 10.2. The molecule has 1 amide bonds. The van der Waals surface area contributed by atoms with E-state index in [2.05, 4.69) is 15.9 Å². The molecule has 3 nitrogen and oxygen atoms in total. The van der Waals surface area contributed by atoms with Crippen LogP contribution in [-0.2, 0) is 9.59 Å². The minimum absolute atomic E-state index is 0.0237. The molecule has 1 heterocycles. The highest BCUT2D eigenvalue weighted by molar-refractivity contribution is 9.10. The molecule has 1 saturated heterocycles. The van der Waals surface area contributed by atoms with Gasteiger partial charge in [0.05, 0.1) is 12.2 Å². The van der Waals surface area contributed by atoms with E-state index in [0.717, 1.165) is 23.0 Å². The lowest BCUT2D eigenvalue weighted by molar-refractivity contribution is -0.128. The Labute approximate surface area is 102 Å². The molecule has 4 heteroatoms. The third kappa shape index (κ3) is 1.19. The molecule has 1 saturated carbocycles. The molecule has 82 valence electrons. The van der Waals surface area contributed by atoms with E-state index >= 15 is 0 Å². The van der Waals surface area contributed by atoms with Crippen molar-refractivity contribution in [2.75, 3.05) is 11.4 Å². The van der Waals surface area contributed by atoms with Crippen LogP contribution >= 0.6 is 15.9 Å². The van der Waals surface area contributed by atoms with E-state index in [4.69, 9.17) is 0 Å². The molecule has 1 aliphatic heterocycles. The van der Waals surface area contributed by atoms with Crippen molar-refractivity contribution < 1.29 is 9.59 Å². The number of anilines is 1. The summed E-state index contributed by atoms with van der Waals surface area (Å²) in [6, 6.07) is 7.50. The van der Waals surface area contributed by atoms with Crippen LogP contribution in [0.4, 0.5) is 5.69 Å². The van der Waals surface area contributed by atoms with E-state index in [0.29, 0.717) is 0 Å². The van der Waals surface area contributed by atoms with Crippen molar-refractivity contribution in [3.63, 3.8) is 0 Å². The molecule has 0 bridgehead atoms. The average molecular weight is 280 g/mol. The first-order valence-electron chi connectivity index (χ1n) is 5.25. The molecule has 0 aromatic heterocycles. The van der Waals surface area contributed by atoms with E-state index < -0.39 is 5.41 Å². The molecule has 0 atom stereocenters. The number of carbonyl (C=O) groups excluding carboxylic acids is 2. The molecular weight excluding hydrogens is 270 g/mol. The molecule has 3 rings (SSSR count). The second-order valence-corrected chi connectivity index (χ2v) is 5.20. The monoisotopic (exact) mass is 279 g/mol. The standard InChI is InChI=1S/C12H10BrNO2/c13-8-3-1-2-4-9(8)14-7-10(15)12(5-6-12)11(14)16/h1-4H,5-7H2. The lowest BCUT2D eigenvalue weighted by Crippen LogP contribution is -2.27. The average Bonchev–Trinajstić information content (AvgIpc) is 3.03. The summed E-state index contributed by atoms with van der Waals surface area (Å²) >= 11 is 3.41. The van der Waals surface area contributed by atoms with Crippen LogP contribution in [0.25, 0.3) is 0 Å². The molecular formula is C12H10BrNO2. The van der Waals surface area contributed by atoms with Crippen LogP contribution in [0.15, 0.2) is 28.7 Å². The number of carbonyl (C=O) groups is 2. The Bertz CT molecular complexity index is 494. The van der Waals surface area contributed by atoms with E-state index in [-0.39, 0.29) is 18.2 Å². The van der Waals surface area contributed by atoms with Crippen LogP contribution in [0.2, 0.25) is 0 Å². The smallest absolute Gasteiger partial charge is 0.241 e. The SMILES string of the molecule is O=C1CN(c2ccccc2Br)C(=O)C12CC2. The predicted octanol–water partition coefficient (Wildman–Crippen LogP) is 2.15. The van der Waals surface area contributed by atoms with Crippen LogP contribution in [0.3, 0.4) is 0 Å². The summed E-state index contributed by atoms with van der Waals surface area (Å²) in [4.78, 5) is 25.5. The fourth-order valence-electron chi connectivity index (χ4n) is 2.23. The Kier molecular flexibility index (Phi) is 1.98. The van der Waals surface area contributed by atoms with E-state index in [1.165, 1.54) is 0 Å². The summed E-state index contributed by atoms with van der Waals surface area (Å²) in [7, 11) is 0. The summed E-state index contributed by atoms with van der Waals surface area (Å²) < 4.78 is 0.855. The minimum Gasteiger partial charge on any atom is -0.303 e. The van der Waals surface area contributed by atoms with Gasteiger partial charge in [0.1, 0.15) is 5.41 Å². The van der Waals surface area contributed by atoms with Crippen molar-refractivity contribution in [2.45, 2.75) is 12.8 Å². The molecule has 0 unspecified atom stereocenters. The normalized spacial score (nSPS) is 21.9. The molecule has 1 aliphatic carbocycles. The maximum atomic E-state index is 12.1. The van der Waals surface area contributed by atoms with E-state index in [9.17, 15) is 9.59 Å². The Morgan fingerprint density at radius 3 is 2.44 bits per heavy atom. The zero-order valence-electron chi connectivity index (χ0n) is 8.57. The highest BCUT2D eigenvalue weighted by Crippen LogP contribution is 2.52. The van der Waals surface area contributed by atoms with Crippen LogP contribution in [0.5, 0.6) is 0 Å². The topological polar surface area (TPSA) is 37.4 Å². The van der Waals surface area contributed by atoms with Gasteiger partial charge in [-0.15, -0.1) is 0 Å². The Morgan fingerprint density at radius 1 is 1.19 bits per heavy atom. The molecule has 1 aromatic rings. The van der Waals surface area contributed by atoms with Crippen molar-refractivity contribution in [3.05, 3.63) is 28.7 Å². The van der Waals surface area contributed by atoms with Gasteiger partial charge in [-0.2, -0.15) is 0 Å². The van der Waals surface area contributed by atoms with Gasteiger partial charge in [-0.1, -0.05) is 12.1 Å². The quantitative estimate of drug-likeness (QED) is 0.739. The molecule has 2 aliphatic rings. The van der Waals surface area contributed by atoms with Gasteiger partial charge in [-0.25, -0.2) is 0 Å². The first-order valence-corrected chi connectivity index (χ1v) is 6.04. The van der Waals surface area contributed by atoms with Crippen LogP contribution < -0.4 is 4.90 Å². The first kappa shape index (κ1) is 10.0. The molecule has 1 aromatic carbocycles. The van der Waals surface area contributed by atoms with Crippen molar-refractivity contribution in [1.29, 1.82) is 0 Å². The third-order valence-corrected chi connectivity index (χ3v) is 4.05. The summed E-state index contributed by atoms with van der Waals surface area (Å²) in [5.41, 5.74) is 0.152. The Balaban J connectivity index is 2.02. The van der Waals surface area contributed by atoms with Gasteiger partial charge < -0.3 is 4.90 Å². The first-order chi connectivity index (χ1) is 7.65. The fraction of sp³-hybridized carbons (Fsp3) is 0.333. The summed E-state index contributed by atoms with van der Waals surface area (Å²) in [6.45, 7) is 0.224. The number of hydrogen-bond acceptors (Lipinski definition) is 2. The van der Waals surface area contributed by atoms with Crippen molar-refractivity contribution in [1.82, 2.24) is 0 Å². The number of para-hydroxylation sites is 1. The van der Waals surface area contributed by atoms with Crippen LogP contribution in [-0.4, -0.2) is 18.2 Å². The Morgan fingerprint density at radius 2 is 1.88 bits per heavy atom. The Hall–Kier alpha value is -1.16. The lowest BCUT2D eigenvalue weighted by atomic mass is 10.1. The van der Waals surface area contributed by atoms with E-state index in [1.807, 2.05) is 24.3 Å². The molecule has 1 spiro atoms. The van der Waals surface area contributed by atoms with Gasteiger partial charge in [0.2, 0.25) is 5.91 Å². The number of hydrogen-bond donors (Lipinski definition) is 0. The zero-order chi connectivity index (χ0) is 11.3. The minimum atomic E-state index is -0.644. The summed E-state index contributed by atoms with van der Waals surface area (Å²) in [5.74, 6) is 0.0534. The van der Waals surface area contributed by atoms with Crippen molar-refractivity contribution in [3.8, 4) is 0 Å². The number of nitrogens with zero attached hydrogens (tertiary/aromatic N) is 1. The molecule has 0 N–H and O–H groups in total. The molecule has 0 radical (unpaired) electrons. The largest absolute Gasteiger partial charge is 0.303 e. The number of rotatable bonds is 1. The van der Waals surface area contributed by atoms with Crippen molar-refractivity contribution in [2.24, 2.45) is 5.41 Å². The van der Waals surface area contributed by atoms with Crippen LogP contribution in [0.1, 0.15) is 12.8 Å². The van der Waals surface area contributed by atoms with Gasteiger partial charge in [-0.3, -0.25) is 9.59 Å². The second kappa shape index (κ2) is 3.17. The third-order valence-electron chi connectivity index (χ3n) is 3.38. The number of Topliss-reactive ketones (excluding diaryl/α,β-unsaturated/α-hetero) is 1. The molecule has 2 fully saturated rings. The summed E-state index contributed by atoms with van der Waals surface area (Å²) in [5, 5.41) is 0. The van der Waals surface area contributed by atoms with Crippen LogP contribution in [0, 0.1) is 5.41 Å². The number of benzene rings is 1.